The number of carbonyl (C=O) groups excluding carboxylic acids is 3. The summed E-state index contributed by atoms with van der Waals surface area (Å²) in [6, 6.07) is 9.21. The fraction of sp³-hybridized carbons (Fsp3) is 0.476. The summed E-state index contributed by atoms with van der Waals surface area (Å²) < 4.78 is 8.96. The molecule has 3 amide bonds. The molecule has 0 radical (unpaired) electrons. The SMILES string of the molecule is CNC(=O)COc1cc2cc(Nc3nc(N4CCC(CN5CCN(c6cccc7c(C8CCC(=O)NC8=O)nn(C)c67)C[C@@H]5CO)CC4)ncc3Cl)cnc2n(C(C)C)c1=O. The minimum atomic E-state index is -0.476. The highest BCUT2D eigenvalue weighted by atomic mass is 35.5. The lowest BCUT2D eigenvalue weighted by molar-refractivity contribution is -0.134. The second-order valence-corrected chi connectivity index (χ2v) is 16.7. The molecular formula is C42H51ClN12O6. The average molecular weight is 855 g/mol. The number of rotatable bonds is 12. The summed E-state index contributed by atoms with van der Waals surface area (Å²) in [5, 5.41) is 25.5. The van der Waals surface area contributed by atoms with Crippen LogP contribution in [0.1, 0.15) is 57.2 Å². The van der Waals surface area contributed by atoms with Gasteiger partial charge >= 0.3 is 0 Å². The van der Waals surface area contributed by atoms with Gasteiger partial charge in [0, 0.05) is 76.6 Å². The Morgan fingerprint density at radius 2 is 1.85 bits per heavy atom. The number of hydrogen-bond acceptors (Lipinski definition) is 14. The maximum atomic E-state index is 13.2. The molecule has 0 aliphatic carbocycles. The van der Waals surface area contributed by atoms with Gasteiger partial charge in [0.2, 0.25) is 17.8 Å². The summed E-state index contributed by atoms with van der Waals surface area (Å²) in [5.74, 6) is 0.0727. The van der Waals surface area contributed by atoms with Crippen molar-refractivity contribution >= 4 is 74.4 Å². The number of fused-ring (bicyclic) bond motifs is 2. The maximum absolute atomic E-state index is 13.2. The highest BCUT2D eigenvalue weighted by Gasteiger charge is 2.34. The van der Waals surface area contributed by atoms with Gasteiger partial charge in [0.15, 0.2) is 18.2 Å². The molecule has 4 aromatic heterocycles. The number of nitrogens with zero attached hydrogens (tertiary/aromatic N) is 9. The Balaban J connectivity index is 0.904. The number of carbonyl (C=O) groups is 3. The van der Waals surface area contributed by atoms with Crippen molar-refractivity contribution in [2.24, 2.45) is 13.0 Å². The molecule has 3 aliphatic rings. The van der Waals surface area contributed by atoms with Gasteiger partial charge < -0.3 is 30.3 Å². The van der Waals surface area contributed by atoms with Crippen LogP contribution in [0.3, 0.4) is 0 Å². The van der Waals surface area contributed by atoms with Crippen molar-refractivity contribution in [2.45, 2.75) is 57.5 Å². The first-order valence-electron chi connectivity index (χ1n) is 20.7. The number of benzene rings is 1. The molecule has 18 nitrogen and oxygen atoms in total. The number of piperazine rings is 1. The first-order valence-corrected chi connectivity index (χ1v) is 21.1. The van der Waals surface area contributed by atoms with E-state index in [9.17, 15) is 24.3 Å². The lowest BCUT2D eigenvalue weighted by Crippen LogP contribution is -2.56. The number of hydrogen-bond donors (Lipinski definition) is 4. The molecule has 61 heavy (non-hydrogen) atoms. The van der Waals surface area contributed by atoms with Crippen molar-refractivity contribution in [3.63, 3.8) is 0 Å². The highest BCUT2D eigenvalue weighted by Crippen LogP contribution is 2.36. The van der Waals surface area contributed by atoms with E-state index in [0.717, 1.165) is 62.2 Å². The number of likely N-dealkylation sites (N-methyl/N-ethyl adjacent to an activating group) is 1. The highest BCUT2D eigenvalue weighted by molar-refractivity contribution is 6.33. The Morgan fingerprint density at radius 1 is 1.05 bits per heavy atom. The van der Waals surface area contributed by atoms with Crippen LogP contribution in [0.2, 0.25) is 5.02 Å². The predicted octanol–water partition coefficient (Wildman–Crippen LogP) is 3.10. The molecule has 0 saturated carbocycles. The van der Waals surface area contributed by atoms with Gasteiger partial charge in [0.05, 0.1) is 53.5 Å². The van der Waals surface area contributed by atoms with E-state index in [2.05, 4.69) is 46.7 Å². The van der Waals surface area contributed by atoms with Gasteiger partial charge in [-0.1, -0.05) is 23.7 Å². The van der Waals surface area contributed by atoms with Crippen LogP contribution in [-0.2, 0) is 21.4 Å². The van der Waals surface area contributed by atoms with Gasteiger partial charge in [-0.05, 0) is 57.2 Å². The van der Waals surface area contributed by atoms with Crippen LogP contribution in [0.15, 0.2) is 47.5 Å². The fourth-order valence-electron chi connectivity index (χ4n) is 8.78. The molecule has 322 valence electrons. The van der Waals surface area contributed by atoms with Crippen LogP contribution < -0.4 is 36.0 Å². The standard InChI is InChI=1S/C42H51ClN12O6/c1-24(2)55-39-26(17-33(41(55)60)61-23-35(58)44-3)16-27(18-45-39)47-38-31(43)19-46-42(49-38)52-12-10-25(11-13-52)20-53-14-15-54(21-28(53)22-56)32-7-5-6-29-36(50-51(4)37(29)32)30-8-9-34(57)48-40(30)59/h5-7,16-19,24-25,28,30,56H,8-15,20-23H2,1-4H3,(H,44,58)(H,46,47,49)(H,48,57,59)/t28-,30?/m1/s1. The Labute approximate surface area is 357 Å². The molecule has 3 fully saturated rings. The van der Waals surface area contributed by atoms with E-state index in [-0.39, 0.29) is 54.3 Å². The zero-order valence-electron chi connectivity index (χ0n) is 34.7. The van der Waals surface area contributed by atoms with Gasteiger partial charge in [-0.25, -0.2) is 9.97 Å². The number of aryl methyl sites for hydroxylation is 1. The van der Waals surface area contributed by atoms with E-state index in [1.807, 2.05) is 43.8 Å². The Morgan fingerprint density at radius 3 is 2.59 bits per heavy atom. The van der Waals surface area contributed by atoms with Crippen LogP contribution in [-0.4, -0.2) is 123 Å². The number of pyridine rings is 2. The number of para-hydroxylation sites is 1. The first kappa shape index (κ1) is 41.9. The Kier molecular flexibility index (Phi) is 12.1. The van der Waals surface area contributed by atoms with Crippen molar-refractivity contribution in [1.29, 1.82) is 0 Å². The monoisotopic (exact) mass is 854 g/mol. The summed E-state index contributed by atoms with van der Waals surface area (Å²) in [7, 11) is 3.39. The van der Waals surface area contributed by atoms with Crippen molar-refractivity contribution in [1.82, 2.24) is 44.8 Å². The number of aliphatic hydroxyl groups excluding tert-OH is 1. The molecule has 2 atom stereocenters. The smallest absolute Gasteiger partial charge is 0.294 e. The topological polar surface area (TPSA) is 205 Å². The maximum Gasteiger partial charge on any atom is 0.294 e. The molecule has 19 heteroatoms. The number of amides is 3. The quantitative estimate of drug-likeness (QED) is 0.133. The van der Waals surface area contributed by atoms with Crippen LogP contribution in [0.5, 0.6) is 5.75 Å². The Bertz CT molecular complexity index is 2540. The zero-order valence-corrected chi connectivity index (χ0v) is 35.5. The third-order valence-electron chi connectivity index (χ3n) is 12.0. The number of aromatic nitrogens is 6. The molecule has 1 aromatic carbocycles. The van der Waals surface area contributed by atoms with E-state index >= 15 is 0 Å². The van der Waals surface area contributed by atoms with Crippen LogP contribution >= 0.6 is 11.6 Å². The molecule has 3 saturated heterocycles. The summed E-state index contributed by atoms with van der Waals surface area (Å²) in [6.45, 7) is 8.11. The third kappa shape index (κ3) is 8.56. The van der Waals surface area contributed by atoms with Crippen LogP contribution in [0.25, 0.3) is 21.9 Å². The second-order valence-electron chi connectivity index (χ2n) is 16.3. The molecule has 3 aliphatic heterocycles. The summed E-state index contributed by atoms with van der Waals surface area (Å²) >= 11 is 6.60. The van der Waals surface area contributed by atoms with E-state index in [0.29, 0.717) is 64.5 Å². The number of aliphatic hydroxyl groups is 1. The molecule has 8 rings (SSSR count). The molecule has 5 aromatic rings. The number of halogens is 1. The van der Waals surface area contributed by atoms with E-state index in [1.165, 1.54) is 11.6 Å². The minimum absolute atomic E-state index is 0.0311. The summed E-state index contributed by atoms with van der Waals surface area (Å²) in [4.78, 5) is 70.5. The number of imide groups is 1. The van der Waals surface area contributed by atoms with E-state index in [1.54, 1.807) is 18.5 Å². The minimum Gasteiger partial charge on any atom is -0.478 e. The van der Waals surface area contributed by atoms with Gasteiger partial charge in [0.1, 0.15) is 10.7 Å². The predicted molar refractivity (Wildman–Crippen MR) is 232 cm³/mol. The van der Waals surface area contributed by atoms with Crippen molar-refractivity contribution in [2.75, 3.05) is 74.6 Å². The van der Waals surface area contributed by atoms with Gasteiger partial charge in [-0.15, -0.1) is 0 Å². The lowest BCUT2D eigenvalue weighted by atomic mass is 9.92. The molecule has 0 bridgehead atoms. The molecular weight excluding hydrogens is 804 g/mol. The third-order valence-corrected chi connectivity index (χ3v) is 12.3. The number of nitrogens with one attached hydrogen (secondary N) is 3. The number of anilines is 4. The summed E-state index contributed by atoms with van der Waals surface area (Å²) in [5.41, 5.74) is 3.34. The first-order chi connectivity index (χ1) is 29.4. The van der Waals surface area contributed by atoms with Crippen LogP contribution in [0, 0.1) is 5.92 Å². The largest absolute Gasteiger partial charge is 0.478 e. The fourth-order valence-corrected chi connectivity index (χ4v) is 8.92. The van der Waals surface area contributed by atoms with Crippen molar-refractivity contribution in [3.05, 3.63) is 63.8 Å². The van der Waals surface area contributed by atoms with Gasteiger partial charge in [-0.2, -0.15) is 10.1 Å². The zero-order chi connectivity index (χ0) is 42.9. The van der Waals surface area contributed by atoms with Crippen molar-refractivity contribution < 1.29 is 24.2 Å². The van der Waals surface area contributed by atoms with Gasteiger partial charge in [0.25, 0.3) is 11.5 Å². The van der Waals surface area contributed by atoms with Gasteiger partial charge in [-0.3, -0.25) is 38.6 Å². The van der Waals surface area contributed by atoms with Crippen molar-refractivity contribution in [3.8, 4) is 5.75 Å². The molecule has 7 heterocycles. The normalized spacial score (nSPS) is 19.2. The molecule has 0 spiro atoms. The Hall–Kier alpha value is -5.85. The molecule has 1 unspecified atom stereocenters. The van der Waals surface area contributed by atoms with E-state index in [4.69, 9.17) is 26.4 Å². The number of ether oxygens (including phenoxy) is 1. The second kappa shape index (κ2) is 17.6. The van der Waals surface area contributed by atoms with E-state index < -0.39 is 5.92 Å². The average Bonchev–Trinajstić information content (AvgIpc) is 3.59. The van der Waals surface area contributed by atoms with Crippen LogP contribution in [0.4, 0.5) is 23.1 Å². The molecule has 4 N–H and O–H groups in total. The summed E-state index contributed by atoms with van der Waals surface area (Å²) in [6.07, 6.45) is 5.80. The number of piperidine rings is 2. The lowest BCUT2D eigenvalue weighted by Gasteiger charge is -2.44.